The van der Waals surface area contributed by atoms with E-state index in [0.29, 0.717) is 18.8 Å². The summed E-state index contributed by atoms with van der Waals surface area (Å²) in [5.74, 6) is -2.57. The van der Waals surface area contributed by atoms with Gasteiger partial charge in [0.15, 0.2) is 0 Å². The first-order chi connectivity index (χ1) is 14.0. The van der Waals surface area contributed by atoms with Crippen molar-refractivity contribution in [3.63, 3.8) is 0 Å². The molecule has 0 atom stereocenters. The maximum Gasteiger partial charge on any atom is 0.261 e. The summed E-state index contributed by atoms with van der Waals surface area (Å²) < 4.78 is 26.7. The zero-order valence-electron chi connectivity index (χ0n) is 15.5. The molecule has 1 aromatic carbocycles. The molecule has 5 nitrogen and oxygen atoms in total. The number of fused-ring (bicyclic) bond motifs is 3. The number of aromatic amines is 1. The molecule has 7 heteroatoms. The Bertz CT molecular complexity index is 1250. The smallest absolute Gasteiger partial charge is 0.261 e. The monoisotopic (exact) mass is 389 g/mol. The van der Waals surface area contributed by atoms with Gasteiger partial charge in [0.1, 0.15) is 17.4 Å². The number of nitriles is 1. The first-order valence-corrected chi connectivity index (χ1v) is 9.38. The van der Waals surface area contributed by atoms with Gasteiger partial charge >= 0.3 is 0 Å². The van der Waals surface area contributed by atoms with E-state index in [1.165, 1.54) is 0 Å². The van der Waals surface area contributed by atoms with Crippen molar-refractivity contribution in [2.75, 3.05) is 13.1 Å². The van der Waals surface area contributed by atoms with Crippen molar-refractivity contribution in [3.05, 3.63) is 60.0 Å². The minimum Gasteiger partial charge on any atom is -0.338 e. The molecule has 4 aromatic rings. The van der Waals surface area contributed by atoms with Crippen molar-refractivity contribution in [1.29, 1.82) is 5.26 Å². The Hall–Kier alpha value is -3.37. The van der Waals surface area contributed by atoms with Gasteiger partial charge in [-0.2, -0.15) is 5.26 Å². The molecule has 4 heterocycles. The number of alkyl halides is 2. The van der Waals surface area contributed by atoms with Crippen LogP contribution in [0.3, 0.4) is 0 Å². The van der Waals surface area contributed by atoms with Gasteiger partial charge in [-0.3, -0.25) is 4.90 Å². The number of pyridine rings is 2. The molecule has 1 aliphatic rings. The van der Waals surface area contributed by atoms with Gasteiger partial charge in [0.05, 0.1) is 18.3 Å². The van der Waals surface area contributed by atoms with Crippen LogP contribution >= 0.6 is 0 Å². The van der Waals surface area contributed by atoms with E-state index in [4.69, 9.17) is 5.26 Å². The maximum atomic E-state index is 13.4. The number of likely N-dealkylation sites (tertiary alicyclic amines) is 1. The Morgan fingerprint density at radius 1 is 1.07 bits per heavy atom. The lowest BCUT2D eigenvalue weighted by molar-refractivity contribution is 0.0115. The highest BCUT2D eigenvalue weighted by Gasteiger charge is 2.37. The Kier molecular flexibility index (Phi) is 4.03. The molecule has 0 saturated carbocycles. The second-order valence-electron chi connectivity index (χ2n) is 7.49. The van der Waals surface area contributed by atoms with Crippen LogP contribution in [0.15, 0.2) is 48.8 Å². The highest BCUT2D eigenvalue weighted by molar-refractivity contribution is 6.06. The van der Waals surface area contributed by atoms with Crippen LogP contribution in [-0.2, 0) is 6.54 Å². The molecule has 3 aromatic heterocycles. The lowest BCUT2D eigenvalue weighted by Crippen LogP contribution is -2.24. The largest absolute Gasteiger partial charge is 0.338 e. The van der Waals surface area contributed by atoms with Crippen LogP contribution in [0.1, 0.15) is 17.7 Å². The Morgan fingerprint density at radius 2 is 1.90 bits per heavy atom. The standard InChI is InChI=1S/C22H17F2N5/c23-22(24)5-6-29(13-22)12-14-1-3-15(4-2-14)16-7-19-18-8-17(9-25)26-11-20(18)28-21(19)27-10-16/h1-4,7-8,10-11H,5-6,12-13H2,(H,27,28). The number of hydrogen-bond acceptors (Lipinski definition) is 4. The van der Waals surface area contributed by atoms with E-state index >= 15 is 0 Å². The minimum absolute atomic E-state index is 0.0651. The average Bonchev–Trinajstić information content (AvgIpc) is 3.26. The third-order valence-corrected chi connectivity index (χ3v) is 5.39. The Labute approximate surface area is 165 Å². The summed E-state index contributed by atoms with van der Waals surface area (Å²) in [6.45, 7) is 0.782. The predicted molar refractivity (Wildman–Crippen MR) is 106 cm³/mol. The molecule has 0 spiro atoms. The molecule has 29 heavy (non-hydrogen) atoms. The van der Waals surface area contributed by atoms with Gasteiger partial charge in [-0.15, -0.1) is 0 Å². The quantitative estimate of drug-likeness (QED) is 0.561. The summed E-state index contributed by atoms with van der Waals surface area (Å²) in [6.07, 6.45) is 3.38. The highest BCUT2D eigenvalue weighted by atomic mass is 19.3. The lowest BCUT2D eigenvalue weighted by Gasteiger charge is -2.15. The summed E-state index contributed by atoms with van der Waals surface area (Å²) in [5, 5.41) is 11.0. The highest BCUT2D eigenvalue weighted by Crippen LogP contribution is 2.30. The fraction of sp³-hybridized carbons (Fsp3) is 0.227. The number of aromatic nitrogens is 3. The minimum atomic E-state index is -2.57. The van der Waals surface area contributed by atoms with Crippen LogP contribution in [0.2, 0.25) is 0 Å². The number of H-pyrrole nitrogens is 1. The number of nitrogens with one attached hydrogen (secondary N) is 1. The van der Waals surface area contributed by atoms with E-state index in [1.807, 2.05) is 30.3 Å². The molecule has 1 N–H and O–H groups in total. The second-order valence-corrected chi connectivity index (χ2v) is 7.49. The van der Waals surface area contributed by atoms with Crippen LogP contribution in [0.5, 0.6) is 0 Å². The number of nitrogens with zero attached hydrogens (tertiary/aromatic N) is 4. The number of rotatable bonds is 3. The molecule has 0 aliphatic carbocycles. The van der Waals surface area contributed by atoms with Crippen molar-refractivity contribution in [3.8, 4) is 17.2 Å². The molecule has 5 rings (SSSR count). The third-order valence-electron chi connectivity index (χ3n) is 5.39. The fourth-order valence-electron chi connectivity index (χ4n) is 3.90. The molecule has 1 saturated heterocycles. The predicted octanol–water partition coefficient (Wildman–Crippen LogP) is 4.49. The number of hydrogen-bond donors (Lipinski definition) is 1. The first kappa shape index (κ1) is 17.7. The molecule has 0 unspecified atom stereocenters. The normalized spacial score (nSPS) is 16.4. The SMILES string of the molecule is N#Cc1cc2c(cn1)[nH]c1ncc(-c3ccc(CN4CCC(F)(F)C4)cc3)cc12. The van der Waals surface area contributed by atoms with Crippen molar-refractivity contribution >= 4 is 21.9 Å². The van der Waals surface area contributed by atoms with Crippen LogP contribution in [0, 0.1) is 11.3 Å². The van der Waals surface area contributed by atoms with E-state index in [0.717, 1.165) is 38.6 Å². The molecule has 0 amide bonds. The third kappa shape index (κ3) is 3.32. The van der Waals surface area contributed by atoms with E-state index in [9.17, 15) is 8.78 Å². The van der Waals surface area contributed by atoms with Gasteiger partial charge in [-0.1, -0.05) is 24.3 Å². The van der Waals surface area contributed by atoms with Crippen LogP contribution < -0.4 is 0 Å². The Balaban J connectivity index is 1.44. The van der Waals surface area contributed by atoms with Gasteiger partial charge in [-0.25, -0.2) is 18.7 Å². The van der Waals surface area contributed by atoms with E-state index < -0.39 is 5.92 Å². The molecule has 0 radical (unpaired) electrons. The maximum absolute atomic E-state index is 13.4. The second kappa shape index (κ2) is 6.61. The zero-order chi connectivity index (χ0) is 20.0. The van der Waals surface area contributed by atoms with Gasteiger partial charge < -0.3 is 4.98 Å². The number of halogens is 2. The average molecular weight is 389 g/mol. The zero-order valence-corrected chi connectivity index (χ0v) is 15.5. The molecular weight excluding hydrogens is 372 g/mol. The van der Waals surface area contributed by atoms with Gasteiger partial charge in [-0.05, 0) is 23.3 Å². The van der Waals surface area contributed by atoms with Crippen molar-refractivity contribution in [2.45, 2.75) is 18.9 Å². The van der Waals surface area contributed by atoms with Gasteiger partial charge in [0.2, 0.25) is 0 Å². The molecule has 1 aliphatic heterocycles. The van der Waals surface area contributed by atoms with E-state index in [2.05, 4.69) is 21.0 Å². The fourth-order valence-corrected chi connectivity index (χ4v) is 3.90. The van der Waals surface area contributed by atoms with Crippen molar-refractivity contribution in [1.82, 2.24) is 19.9 Å². The van der Waals surface area contributed by atoms with Crippen LogP contribution in [0.25, 0.3) is 33.1 Å². The van der Waals surface area contributed by atoms with Crippen molar-refractivity contribution < 1.29 is 8.78 Å². The molecular formula is C22H17F2N5. The molecule has 144 valence electrons. The summed E-state index contributed by atoms with van der Waals surface area (Å²) in [4.78, 5) is 13.6. The summed E-state index contributed by atoms with van der Waals surface area (Å²) in [5.41, 5.74) is 4.90. The van der Waals surface area contributed by atoms with Crippen molar-refractivity contribution in [2.24, 2.45) is 0 Å². The molecule has 0 bridgehead atoms. The Morgan fingerprint density at radius 3 is 2.62 bits per heavy atom. The van der Waals surface area contributed by atoms with E-state index in [1.54, 1.807) is 23.4 Å². The van der Waals surface area contributed by atoms with E-state index in [-0.39, 0.29) is 13.0 Å². The lowest BCUT2D eigenvalue weighted by atomic mass is 10.0. The number of benzene rings is 1. The molecule has 1 fully saturated rings. The summed E-state index contributed by atoms with van der Waals surface area (Å²) >= 11 is 0. The topological polar surface area (TPSA) is 68.6 Å². The summed E-state index contributed by atoms with van der Waals surface area (Å²) in [6, 6.07) is 13.8. The van der Waals surface area contributed by atoms with Gasteiger partial charge in [0, 0.05) is 42.0 Å². The first-order valence-electron chi connectivity index (χ1n) is 9.38. The summed E-state index contributed by atoms with van der Waals surface area (Å²) in [7, 11) is 0. The van der Waals surface area contributed by atoms with Crippen LogP contribution in [0.4, 0.5) is 8.78 Å². The van der Waals surface area contributed by atoms with Gasteiger partial charge in [0.25, 0.3) is 5.92 Å². The van der Waals surface area contributed by atoms with Crippen LogP contribution in [-0.4, -0.2) is 38.9 Å².